The molecule has 1 aromatic heterocycles. The average molecular weight is 445 g/mol. The van der Waals surface area contributed by atoms with Gasteiger partial charge in [0.25, 0.3) is 5.91 Å². The molecule has 0 unspecified atom stereocenters. The van der Waals surface area contributed by atoms with Crippen LogP contribution in [0.25, 0.3) is 11.8 Å². The molecule has 0 spiro atoms. The second-order valence-corrected chi connectivity index (χ2v) is 7.67. The lowest BCUT2D eigenvalue weighted by Gasteiger charge is -2.10. The van der Waals surface area contributed by atoms with Crippen LogP contribution >= 0.6 is 34.8 Å². The quantitative estimate of drug-likeness (QED) is 0.364. The van der Waals surface area contributed by atoms with Gasteiger partial charge in [-0.15, -0.1) is 0 Å². The third kappa shape index (κ3) is 4.65. The van der Waals surface area contributed by atoms with Crippen molar-refractivity contribution in [3.63, 3.8) is 0 Å². The molecule has 4 nitrogen and oxygen atoms in total. The molecule has 146 valence electrons. The van der Waals surface area contributed by atoms with Gasteiger partial charge in [-0.25, -0.2) is 0 Å². The molecule has 7 heteroatoms. The van der Waals surface area contributed by atoms with Crippen LogP contribution in [0.5, 0.6) is 0 Å². The lowest BCUT2D eigenvalue weighted by atomic mass is 10.1. The zero-order valence-corrected chi connectivity index (χ0v) is 17.9. The summed E-state index contributed by atoms with van der Waals surface area (Å²) in [6.07, 6.45) is 1.55. The van der Waals surface area contributed by atoms with Crippen LogP contribution < -0.4 is 5.32 Å². The smallest absolute Gasteiger partial charge is 0.266 e. The number of rotatable bonds is 4. The highest BCUT2D eigenvalue weighted by atomic mass is 35.5. The van der Waals surface area contributed by atoms with Gasteiger partial charge in [-0.3, -0.25) is 4.79 Å². The Morgan fingerprint density at radius 1 is 1.07 bits per heavy atom. The van der Waals surface area contributed by atoms with Crippen LogP contribution in [0.1, 0.15) is 17.0 Å². The first-order valence-corrected chi connectivity index (χ1v) is 9.76. The van der Waals surface area contributed by atoms with Crippen molar-refractivity contribution >= 4 is 52.5 Å². The maximum absolute atomic E-state index is 12.6. The average Bonchev–Trinajstić information content (AvgIpc) is 2.95. The van der Waals surface area contributed by atoms with Gasteiger partial charge in [-0.05, 0) is 68.0 Å². The van der Waals surface area contributed by atoms with Crippen LogP contribution in [0.3, 0.4) is 0 Å². The number of halogens is 3. The van der Waals surface area contributed by atoms with Gasteiger partial charge in [0.15, 0.2) is 0 Å². The van der Waals surface area contributed by atoms with Gasteiger partial charge < -0.3 is 9.88 Å². The first kappa shape index (κ1) is 21.0. The van der Waals surface area contributed by atoms with Gasteiger partial charge >= 0.3 is 0 Å². The highest BCUT2D eigenvalue weighted by Gasteiger charge is 2.15. The Balaban J connectivity index is 1.96. The van der Waals surface area contributed by atoms with Crippen LogP contribution in [-0.4, -0.2) is 10.5 Å². The van der Waals surface area contributed by atoms with Crippen molar-refractivity contribution in [3.05, 3.63) is 86.1 Å². The summed E-state index contributed by atoms with van der Waals surface area (Å²) in [6, 6.07) is 16.1. The largest absolute Gasteiger partial charge is 0.320 e. The number of hydrogen-bond acceptors (Lipinski definition) is 2. The summed E-state index contributed by atoms with van der Waals surface area (Å²) in [7, 11) is 0. The summed E-state index contributed by atoms with van der Waals surface area (Å²) >= 11 is 18.2. The van der Waals surface area contributed by atoms with E-state index < -0.39 is 5.91 Å². The Morgan fingerprint density at radius 2 is 1.79 bits per heavy atom. The highest BCUT2D eigenvalue weighted by Crippen LogP contribution is 2.27. The third-order valence-corrected chi connectivity index (χ3v) is 5.18. The molecule has 29 heavy (non-hydrogen) atoms. The molecule has 1 amide bonds. The predicted molar refractivity (Wildman–Crippen MR) is 119 cm³/mol. The van der Waals surface area contributed by atoms with Crippen molar-refractivity contribution < 1.29 is 4.79 Å². The Bertz CT molecular complexity index is 1170. The van der Waals surface area contributed by atoms with Crippen LogP contribution in [0, 0.1) is 25.2 Å². The molecule has 3 rings (SSSR count). The van der Waals surface area contributed by atoms with Gasteiger partial charge in [-0.1, -0.05) is 40.9 Å². The molecule has 0 aliphatic heterocycles. The van der Waals surface area contributed by atoms with Crippen LogP contribution in [0.15, 0.2) is 54.1 Å². The lowest BCUT2D eigenvalue weighted by Crippen LogP contribution is -2.13. The number of anilines is 1. The fourth-order valence-electron chi connectivity index (χ4n) is 3.03. The number of carbonyl (C=O) groups is 1. The summed E-state index contributed by atoms with van der Waals surface area (Å²) in [5.41, 5.74) is 3.78. The summed E-state index contributed by atoms with van der Waals surface area (Å²) in [4.78, 5) is 12.6. The molecule has 0 aliphatic rings. The molecule has 1 N–H and O–H groups in total. The normalized spacial score (nSPS) is 11.2. The van der Waals surface area contributed by atoms with Crippen molar-refractivity contribution in [1.82, 2.24) is 4.57 Å². The third-order valence-electron chi connectivity index (χ3n) is 4.38. The van der Waals surface area contributed by atoms with Crippen LogP contribution in [-0.2, 0) is 4.79 Å². The SMILES string of the molecule is Cc1cc(/C=C(\C#N)C(=O)Nc2cc(Cl)ccc2Cl)c(C)n1-c1cccc(Cl)c1. The second-order valence-electron chi connectivity index (χ2n) is 6.39. The topological polar surface area (TPSA) is 57.8 Å². The number of carbonyl (C=O) groups excluding carboxylic acids is 1. The maximum atomic E-state index is 12.6. The summed E-state index contributed by atoms with van der Waals surface area (Å²) < 4.78 is 2.01. The van der Waals surface area contributed by atoms with Crippen LogP contribution in [0.4, 0.5) is 5.69 Å². The molecule has 0 saturated carbocycles. The Labute approximate surface area is 183 Å². The molecule has 0 bridgehead atoms. The number of hydrogen-bond donors (Lipinski definition) is 1. The van der Waals surface area contributed by atoms with Crippen molar-refractivity contribution in [2.24, 2.45) is 0 Å². The number of amides is 1. The number of aromatic nitrogens is 1. The number of nitrogens with one attached hydrogen (secondary N) is 1. The van der Waals surface area contributed by atoms with Gasteiger partial charge in [0.1, 0.15) is 11.6 Å². The second kappa shape index (κ2) is 8.75. The van der Waals surface area contributed by atoms with E-state index in [9.17, 15) is 10.1 Å². The van der Waals surface area contributed by atoms with E-state index >= 15 is 0 Å². The Kier molecular flexibility index (Phi) is 6.34. The summed E-state index contributed by atoms with van der Waals surface area (Å²) in [5, 5.41) is 13.5. The van der Waals surface area contributed by atoms with E-state index in [1.54, 1.807) is 24.3 Å². The van der Waals surface area contributed by atoms with E-state index in [0.717, 1.165) is 22.6 Å². The van der Waals surface area contributed by atoms with E-state index in [4.69, 9.17) is 34.8 Å². The number of nitrogens with zero attached hydrogens (tertiary/aromatic N) is 2. The minimum atomic E-state index is -0.566. The highest BCUT2D eigenvalue weighted by molar-refractivity contribution is 6.36. The molecule has 0 fully saturated rings. The number of nitriles is 1. The first-order chi connectivity index (χ1) is 13.8. The molecule has 0 radical (unpaired) electrons. The van der Waals surface area contributed by atoms with E-state index in [0.29, 0.717) is 20.8 Å². The Morgan fingerprint density at radius 3 is 2.48 bits per heavy atom. The summed E-state index contributed by atoms with van der Waals surface area (Å²) in [5.74, 6) is -0.566. The van der Waals surface area contributed by atoms with Crippen molar-refractivity contribution in [1.29, 1.82) is 5.26 Å². The molecule has 2 aromatic carbocycles. The van der Waals surface area contributed by atoms with E-state index in [1.165, 1.54) is 6.07 Å². The minimum absolute atomic E-state index is 0.0487. The standard InChI is InChI=1S/C22H16Cl3N3O/c1-13-8-15(14(2)28(13)19-5-3-4-17(23)10-19)9-16(12-26)22(29)27-21-11-18(24)6-7-20(21)25/h3-11H,1-2H3,(H,27,29)/b16-9+. The van der Waals surface area contributed by atoms with Crippen LogP contribution in [0.2, 0.25) is 15.1 Å². The zero-order chi connectivity index (χ0) is 21.1. The predicted octanol–water partition coefficient (Wildman–Crippen LogP) is 6.60. The number of benzene rings is 2. The first-order valence-electron chi connectivity index (χ1n) is 8.63. The van der Waals surface area contributed by atoms with Crippen molar-refractivity contribution in [2.45, 2.75) is 13.8 Å². The monoisotopic (exact) mass is 443 g/mol. The fourth-order valence-corrected chi connectivity index (χ4v) is 3.55. The molecule has 1 heterocycles. The Hall–Kier alpha value is -2.71. The van der Waals surface area contributed by atoms with E-state index in [-0.39, 0.29) is 5.57 Å². The zero-order valence-electron chi connectivity index (χ0n) is 15.6. The van der Waals surface area contributed by atoms with E-state index in [2.05, 4.69) is 5.32 Å². The number of aryl methyl sites for hydroxylation is 1. The van der Waals surface area contributed by atoms with Gasteiger partial charge in [-0.2, -0.15) is 5.26 Å². The molecule has 0 atom stereocenters. The minimum Gasteiger partial charge on any atom is -0.320 e. The van der Waals surface area contributed by atoms with Gasteiger partial charge in [0.2, 0.25) is 0 Å². The van der Waals surface area contributed by atoms with Gasteiger partial charge in [0, 0.05) is 27.1 Å². The molecular formula is C22H16Cl3N3O. The van der Waals surface area contributed by atoms with E-state index in [1.807, 2.05) is 48.7 Å². The van der Waals surface area contributed by atoms with Crippen molar-refractivity contribution in [3.8, 4) is 11.8 Å². The maximum Gasteiger partial charge on any atom is 0.266 e. The molecule has 3 aromatic rings. The van der Waals surface area contributed by atoms with Crippen molar-refractivity contribution in [2.75, 3.05) is 5.32 Å². The molecular weight excluding hydrogens is 429 g/mol. The van der Waals surface area contributed by atoms with Gasteiger partial charge in [0.05, 0.1) is 10.7 Å². The summed E-state index contributed by atoms with van der Waals surface area (Å²) in [6.45, 7) is 3.86. The molecule has 0 saturated heterocycles. The lowest BCUT2D eigenvalue weighted by molar-refractivity contribution is -0.112. The fraction of sp³-hybridized carbons (Fsp3) is 0.0909. The molecule has 0 aliphatic carbocycles.